The summed E-state index contributed by atoms with van der Waals surface area (Å²) in [5.74, 6) is 3.55. The van der Waals surface area contributed by atoms with Crippen molar-refractivity contribution in [2.24, 2.45) is 23.7 Å². The summed E-state index contributed by atoms with van der Waals surface area (Å²) < 4.78 is 2.46. The van der Waals surface area contributed by atoms with E-state index in [0.717, 1.165) is 23.7 Å². The average molecular weight is 618 g/mol. The molecule has 1 unspecified atom stereocenters. The van der Waals surface area contributed by atoms with E-state index in [1.165, 1.54) is 87.4 Å². The molecular formula is C47H39N. The van der Waals surface area contributed by atoms with Gasteiger partial charge in [0.25, 0.3) is 0 Å². The number of hydrogen-bond donors (Lipinski definition) is 0. The molecule has 1 atom stereocenters. The highest BCUT2D eigenvalue weighted by Crippen LogP contribution is 2.69. The monoisotopic (exact) mass is 617 g/mol. The van der Waals surface area contributed by atoms with Crippen LogP contribution in [0.3, 0.4) is 0 Å². The lowest BCUT2D eigenvalue weighted by Gasteiger charge is -2.61. The Morgan fingerprint density at radius 3 is 1.85 bits per heavy atom. The zero-order valence-corrected chi connectivity index (χ0v) is 27.2. The minimum Gasteiger partial charge on any atom is -0.309 e. The van der Waals surface area contributed by atoms with Crippen molar-refractivity contribution < 1.29 is 0 Å². The van der Waals surface area contributed by atoms with E-state index in [9.17, 15) is 0 Å². The van der Waals surface area contributed by atoms with Crippen LogP contribution in [0.5, 0.6) is 0 Å². The Kier molecular flexibility index (Phi) is 5.68. The van der Waals surface area contributed by atoms with E-state index < -0.39 is 0 Å². The largest absolute Gasteiger partial charge is 0.309 e. The first-order valence-electron chi connectivity index (χ1n) is 18.1. The van der Waals surface area contributed by atoms with Crippen molar-refractivity contribution in [1.82, 2.24) is 4.57 Å². The molecule has 1 aromatic heterocycles. The van der Waals surface area contributed by atoms with Crippen molar-refractivity contribution in [3.05, 3.63) is 173 Å². The van der Waals surface area contributed by atoms with Crippen molar-refractivity contribution in [2.45, 2.75) is 43.4 Å². The summed E-state index contributed by atoms with van der Waals surface area (Å²) in [6.07, 6.45) is 7.12. The van der Waals surface area contributed by atoms with Gasteiger partial charge in [0.1, 0.15) is 0 Å². The summed E-state index contributed by atoms with van der Waals surface area (Å²) in [6.45, 7) is 0. The van der Waals surface area contributed by atoms with Gasteiger partial charge in [-0.05, 0) is 119 Å². The number of fused-ring (bicyclic) bond motifs is 6. The highest BCUT2D eigenvalue weighted by Gasteiger charge is 2.61. The third kappa shape index (κ3) is 3.63. The fourth-order valence-electron chi connectivity index (χ4n) is 11.6. The molecule has 4 bridgehead atoms. The molecule has 1 heterocycles. The second-order valence-electron chi connectivity index (χ2n) is 15.3. The first-order chi connectivity index (χ1) is 23.8. The minimum absolute atomic E-state index is 0.140. The molecular weight excluding hydrogens is 579 g/mol. The number of para-hydroxylation sites is 2. The summed E-state index contributed by atoms with van der Waals surface area (Å²) in [4.78, 5) is 0. The number of aromatic nitrogens is 1. The number of nitrogens with zero attached hydrogens (tertiary/aromatic N) is 1. The van der Waals surface area contributed by atoms with E-state index >= 15 is 0 Å². The molecule has 4 saturated carbocycles. The molecule has 0 radical (unpaired) electrons. The lowest BCUT2D eigenvalue weighted by atomic mass is 9.43. The molecule has 0 saturated heterocycles. The quantitative estimate of drug-likeness (QED) is 0.173. The summed E-state index contributed by atoms with van der Waals surface area (Å²) in [5.41, 5.74) is 14.3. The van der Waals surface area contributed by atoms with Crippen molar-refractivity contribution in [3.8, 4) is 16.8 Å². The van der Waals surface area contributed by atoms with Crippen molar-refractivity contribution in [2.75, 3.05) is 0 Å². The van der Waals surface area contributed by atoms with Crippen molar-refractivity contribution >= 4 is 21.8 Å². The van der Waals surface area contributed by atoms with Gasteiger partial charge in [-0.15, -0.1) is 0 Å². The molecule has 232 valence electrons. The second-order valence-corrected chi connectivity index (χ2v) is 15.3. The Morgan fingerprint density at radius 1 is 0.458 bits per heavy atom. The summed E-state index contributed by atoms with van der Waals surface area (Å²) in [6, 6.07) is 55.4. The van der Waals surface area contributed by atoms with Gasteiger partial charge in [-0.2, -0.15) is 0 Å². The zero-order chi connectivity index (χ0) is 31.4. The Hall–Kier alpha value is -4.88. The lowest BCUT2D eigenvalue weighted by Crippen LogP contribution is -2.55. The van der Waals surface area contributed by atoms with Gasteiger partial charge in [-0.25, -0.2) is 0 Å². The smallest absolute Gasteiger partial charge is 0.0544 e. The highest BCUT2D eigenvalue weighted by atomic mass is 15.0. The van der Waals surface area contributed by atoms with Gasteiger partial charge < -0.3 is 4.57 Å². The van der Waals surface area contributed by atoms with Crippen LogP contribution in [0.15, 0.2) is 146 Å². The summed E-state index contributed by atoms with van der Waals surface area (Å²) in [5, 5.41) is 2.61. The van der Waals surface area contributed by atoms with Crippen LogP contribution in [0, 0.1) is 23.7 Å². The fraction of sp³-hybridized carbons (Fsp3) is 0.234. The molecule has 5 aliphatic carbocycles. The van der Waals surface area contributed by atoms with Crippen LogP contribution in [0.1, 0.15) is 65.8 Å². The van der Waals surface area contributed by atoms with Gasteiger partial charge in [0.2, 0.25) is 0 Å². The van der Waals surface area contributed by atoms with Crippen LogP contribution < -0.4 is 0 Å². The molecule has 7 aromatic rings. The van der Waals surface area contributed by atoms with Crippen LogP contribution >= 0.6 is 0 Å². The standard InChI is InChI=1S/C47H39N/c1-3-11-32(12-4-1)46(34-20-22-41-40-16-8-10-18-44(40)48(45(41)29-34)37-13-5-2-6-14-37)33-19-21-39-38-15-7-9-17-42(38)47(43(39)28-33)35-24-30-23-31(26-35)27-36(47)25-30/h1-22,28-31,35-36,46H,23-27H2. The topological polar surface area (TPSA) is 4.93 Å². The molecule has 0 amide bonds. The highest BCUT2D eigenvalue weighted by molar-refractivity contribution is 6.09. The van der Waals surface area contributed by atoms with Crippen LogP contribution in [0.2, 0.25) is 0 Å². The molecule has 12 rings (SSSR count). The van der Waals surface area contributed by atoms with E-state index in [0.29, 0.717) is 0 Å². The van der Waals surface area contributed by atoms with E-state index in [1.807, 2.05) is 0 Å². The number of benzene rings is 6. The fourth-order valence-corrected chi connectivity index (χ4v) is 11.6. The zero-order valence-electron chi connectivity index (χ0n) is 27.2. The molecule has 1 spiro atoms. The van der Waals surface area contributed by atoms with Crippen molar-refractivity contribution in [3.63, 3.8) is 0 Å². The summed E-state index contributed by atoms with van der Waals surface area (Å²) in [7, 11) is 0. The van der Waals surface area contributed by atoms with Gasteiger partial charge in [0, 0.05) is 27.8 Å². The third-order valence-electron chi connectivity index (χ3n) is 13.1. The third-order valence-corrected chi connectivity index (χ3v) is 13.1. The van der Waals surface area contributed by atoms with E-state index in [1.54, 1.807) is 11.1 Å². The molecule has 1 heteroatoms. The van der Waals surface area contributed by atoms with E-state index in [-0.39, 0.29) is 11.3 Å². The SMILES string of the molecule is c1ccc(C(c2ccc3c(c2)C2(c4ccccc4-3)C3CC4CC(C3)CC2C4)c2ccc3c4ccccc4n(-c4ccccc4)c3c2)cc1. The maximum Gasteiger partial charge on any atom is 0.0544 e. The van der Waals surface area contributed by atoms with Crippen LogP contribution in [0.25, 0.3) is 38.6 Å². The first-order valence-corrected chi connectivity index (χ1v) is 18.1. The van der Waals surface area contributed by atoms with Crippen LogP contribution in [-0.4, -0.2) is 4.57 Å². The van der Waals surface area contributed by atoms with Gasteiger partial charge in [-0.1, -0.05) is 121 Å². The average Bonchev–Trinajstić information content (AvgIpc) is 3.61. The van der Waals surface area contributed by atoms with Gasteiger partial charge in [0.05, 0.1) is 11.0 Å². The van der Waals surface area contributed by atoms with E-state index in [4.69, 9.17) is 0 Å². The summed E-state index contributed by atoms with van der Waals surface area (Å²) >= 11 is 0. The lowest BCUT2D eigenvalue weighted by molar-refractivity contribution is -0.0399. The maximum atomic E-state index is 2.69. The Balaban J connectivity index is 1.14. The van der Waals surface area contributed by atoms with E-state index in [2.05, 4.69) is 150 Å². The maximum absolute atomic E-state index is 2.69. The molecule has 4 fully saturated rings. The second kappa shape index (κ2) is 10.1. The predicted octanol–water partition coefficient (Wildman–Crippen LogP) is 11.7. The Morgan fingerprint density at radius 2 is 1.06 bits per heavy atom. The van der Waals surface area contributed by atoms with Crippen LogP contribution in [-0.2, 0) is 5.41 Å². The first kappa shape index (κ1) is 27.1. The van der Waals surface area contributed by atoms with Gasteiger partial charge in [-0.3, -0.25) is 0 Å². The van der Waals surface area contributed by atoms with Crippen molar-refractivity contribution in [1.29, 1.82) is 0 Å². The minimum atomic E-state index is 0.140. The number of hydrogen-bond acceptors (Lipinski definition) is 0. The molecule has 0 N–H and O–H groups in total. The molecule has 1 nitrogen and oxygen atoms in total. The molecule has 48 heavy (non-hydrogen) atoms. The molecule has 0 aliphatic heterocycles. The van der Waals surface area contributed by atoms with Gasteiger partial charge in [0.15, 0.2) is 0 Å². The Labute approximate surface area is 282 Å². The predicted molar refractivity (Wildman–Crippen MR) is 198 cm³/mol. The molecule has 6 aromatic carbocycles. The number of rotatable bonds is 4. The Bertz CT molecular complexity index is 2330. The van der Waals surface area contributed by atoms with Gasteiger partial charge >= 0.3 is 0 Å². The van der Waals surface area contributed by atoms with Crippen LogP contribution in [0.4, 0.5) is 0 Å². The normalized spacial score (nSPS) is 25.5. The molecule has 5 aliphatic rings.